The fourth-order valence-corrected chi connectivity index (χ4v) is 4.30. The third kappa shape index (κ3) is 3.34. The van der Waals surface area contributed by atoms with E-state index in [1.807, 2.05) is 61.0 Å². The van der Waals surface area contributed by atoms with E-state index in [9.17, 15) is 9.59 Å². The van der Waals surface area contributed by atoms with Crippen molar-refractivity contribution in [1.29, 1.82) is 0 Å². The Morgan fingerprint density at radius 1 is 1.00 bits per heavy atom. The third-order valence-electron chi connectivity index (χ3n) is 5.89. The van der Waals surface area contributed by atoms with Gasteiger partial charge in [-0.05, 0) is 38.0 Å². The van der Waals surface area contributed by atoms with Gasteiger partial charge in [0.1, 0.15) is 5.58 Å². The average molecular weight is 413 g/mol. The van der Waals surface area contributed by atoms with Crippen molar-refractivity contribution in [3.05, 3.63) is 99.4 Å². The molecular formula is C25H23N3O3. The molecule has 0 radical (unpaired) electrons. The SMILES string of the molecule is Cc1ccc([C@@H]2c3c(oc4ccc(C)cc4c3=O)C(=O)N2CCCn2ccnc2)cc1. The first-order chi connectivity index (χ1) is 15.0. The van der Waals surface area contributed by atoms with Crippen molar-refractivity contribution >= 4 is 16.9 Å². The molecule has 0 N–H and O–H groups in total. The van der Waals surface area contributed by atoms with E-state index in [1.165, 1.54) is 0 Å². The van der Waals surface area contributed by atoms with Crippen molar-refractivity contribution in [2.24, 2.45) is 0 Å². The Morgan fingerprint density at radius 3 is 2.52 bits per heavy atom. The summed E-state index contributed by atoms with van der Waals surface area (Å²) in [6, 6.07) is 13.0. The van der Waals surface area contributed by atoms with Crippen LogP contribution in [0.5, 0.6) is 0 Å². The Labute approximate surface area is 179 Å². The number of aryl methyl sites for hydroxylation is 3. The van der Waals surface area contributed by atoms with Crippen LogP contribution in [0.4, 0.5) is 0 Å². The van der Waals surface area contributed by atoms with Crippen molar-refractivity contribution in [2.75, 3.05) is 6.54 Å². The van der Waals surface area contributed by atoms with Gasteiger partial charge >= 0.3 is 0 Å². The first-order valence-corrected chi connectivity index (χ1v) is 10.4. The molecule has 1 aliphatic rings. The molecule has 0 saturated heterocycles. The summed E-state index contributed by atoms with van der Waals surface area (Å²) in [5, 5.41) is 0.518. The molecule has 0 aliphatic carbocycles. The number of fused-ring (bicyclic) bond motifs is 2. The Hall–Kier alpha value is -3.67. The van der Waals surface area contributed by atoms with Crippen molar-refractivity contribution in [3.8, 4) is 0 Å². The Morgan fingerprint density at radius 2 is 1.77 bits per heavy atom. The summed E-state index contributed by atoms with van der Waals surface area (Å²) >= 11 is 0. The maximum Gasteiger partial charge on any atom is 0.290 e. The fourth-order valence-electron chi connectivity index (χ4n) is 4.30. The first kappa shape index (κ1) is 19.3. The molecule has 1 amide bonds. The Kier molecular flexibility index (Phi) is 4.70. The smallest absolute Gasteiger partial charge is 0.290 e. The molecule has 0 spiro atoms. The molecule has 5 rings (SSSR count). The van der Waals surface area contributed by atoms with E-state index in [4.69, 9.17) is 4.42 Å². The first-order valence-electron chi connectivity index (χ1n) is 10.4. The largest absolute Gasteiger partial charge is 0.450 e. The maximum absolute atomic E-state index is 13.5. The number of rotatable bonds is 5. The van der Waals surface area contributed by atoms with Gasteiger partial charge in [-0.15, -0.1) is 0 Å². The minimum Gasteiger partial charge on any atom is -0.450 e. The summed E-state index contributed by atoms with van der Waals surface area (Å²) in [4.78, 5) is 32.7. The molecule has 6 heteroatoms. The summed E-state index contributed by atoms with van der Waals surface area (Å²) in [6.45, 7) is 5.21. The lowest BCUT2D eigenvalue weighted by Crippen LogP contribution is -2.31. The molecule has 4 aromatic rings. The summed E-state index contributed by atoms with van der Waals surface area (Å²) in [5.41, 5.74) is 3.78. The number of aromatic nitrogens is 2. The molecule has 2 aromatic heterocycles. The van der Waals surface area contributed by atoms with Crippen LogP contribution in [0.15, 0.2) is 70.4 Å². The highest BCUT2D eigenvalue weighted by atomic mass is 16.3. The quantitative estimate of drug-likeness (QED) is 0.491. The zero-order valence-electron chi connectivity index (χ0n) is 17.5. The van der Waals surface area contributed by atoms with Gasteiger partial charge in [-0.1, -0.05) is 41.5 Å². The zero-order chi connectivity index (χ0) is 21.5. The van der Waals surface area contributed by atoms with Crippen molar-refractivity contribution < 1.29 is 9.21 Å². The number of benzene rings is 2. The summed E-state index contributed by atoms with van der Waals surface area (Å²) in [6.07, 6.45) is 6.14. The number of hydrogen-bond acceptors (Lipinski definition) is 4. The minimum absolute atomic E-state index is 0.129. The number of imidazole rings is 1. The van der Waals surface area contributed by atoms with Gasteiger partial charge in [0.15, 0.2) is 5.43 Å². The minimum atomic E-state index is -0.452. The molecule has 0 fully saturated rings. The van der Waals surface area contributed by atoms with Gasteiger partial charge in [-0.25, -0.2) is 4.98 Å². The molecule has 0 saturated carbocycles. The Bertz CT molecular complexity index is 1320. The molecule has 0 unspecified atom stereocenters. The second-order valence-corrected chi connectivity index (χ2v) is 8.14. The molecule has 2 aromatic carbocycles. The van der Waals surface area contributed by atoms with Gasteiger partial charge in [0.2, 0.25) is 5.76 Å². The normalized spacial score (nSPS) is 15.6. The van der Waals surface area contributed by atoms with Gasteiger partial charge in [-0.2, -0.15) is 0 Å². The molecule has 156 valence electrons. The highest BCUT2D eigenvalue weighted by molar-refractivity contribution is 5.99. The standard InChI is InChI=1S/C25H23N3O3/c1-16-4-7-18(8-5-16)22-21-23(29)19-14-17(2)6-9-20(19)31-24(21)25(30)28(22)12-3-11-27-13-10-26-15-27/h4-10,13-15,22H,3,11-12H2,1-2H3/t22-/m1/s1. The van der Waals surface area contributed by atoms with Gasteiger partial charge in [0.05, 0.1) is 23.3 Å². The van der Waals surface area contributed by atoms with E-state index < -0.39 is 6.04 Å². The Balaban J connectivity index is 1.60. The maximum atomic E-state index is 13.5. The van der Waals surface area contributed by atoms with Gasteiger partial charge in [0.25, 0.3) is 5.91 Å². The van der Waals surface area contributed by atoms with Crippen molar-refractivity contribution in [3.63, 3.8) is 0 Å². The highest BCUT2D eigenvalue weighted by Gasteiger charge is 2.42. The van der Waals surface area contributed by atoms with E-state index in [1.54, 1.807) is 23.5 Å². The lowest BCUT2D eigenvalue weighted by atomic mass is 9.97. The van der Waals surface area contributed by atoms with Gasteiger partial charge in [0, 0.05) is 25.5 Å². The highest BCUT2D eigenvalue weighted by Crippen LogP contribution is 2.38. The second-order valence-electron chi connectivity index (χ2n) is 8.14. The lowest BCUT2D eigenvalue weighted by Gasteiger charge is -2.25. The van der Waals surface area contributed by atoms with E-state index in [0.29, 0.717) is 23.1 Å². The van der Waals surface area contributed by atoms with Crippen LogP contribution in [0.3, 0.4) is 0 Å². The molecular weight excluding hydrogens is 390 g/mol. The van der Waals surface area contributed by atoms with E-state index in [2.05, 4.69) is 4.98 Å². The predicted octanol–water partition coefficient (Wildman–Crippen LogP) is 4.24. The number of hydrogen-bond donors (Lipinski definition) is 0. The molecule has 6 nitrogen and oxygen atoms in total. The summed E-state index contributed by atoms with van der Waals surface area (Å²) in [7, 11) is 0. The number of amides is 1. The molecule has 3 heterocycles. The number of carbonyl (C=O) groups is 1. The zero-order valence-corrected chi connectivity index (χ0v) is 17.5. The summed E-state index contributed by atoms with van der Waals surface area (Å²) < 4.78 is 7.99. The molecule has 1 atom stereocenters. The molecule has 1 aliphatic heterocycles. The second kappa shape index (κ2) is 7.54. The number of carbonyl (C=O) groups excluding carboxylic acids is 1. The van der Waals surface area contributed by atoms with E-state index in [-0.39, 0.29) is 17.1 Å². The van der Waals surface area contributed by atoms with Crippen molar-refractivity contribution in [2.45, 2.75) is 32.9 Å². The van der Waals surface area contributed by atoms with Crippen LogP contribution in [0.2, 0.25) is 0 Å². The van der Waals surface area contributed by atoms with Crippen LogP contribution >= 0.6 is 0 Å². The van der Waals surface area contributed by atoms with Crippen LogP contribution in [-0.2, 0) is 6.54 Å². The number of nitrogens with zero attached hydrogens (tertiary/aromatic N) is 3. The van der Waals surface area contributed by atoms with Crippen LogP contribution < -0.4 is 5.43 Å². The topological polar surface area (TPSA) is 68.3 Å². The monoisotopic (exact) mass is 413 g/mol. The van der Waals surface area contributed by atoms with Crippen LogP contribution in [0.1, 0.15) is 45.3 Å². The van der Waals surface area contributed by atoms with Gasteiger partial charge < -0.3 is 13.9 Å². The lowest BCUT2D eigenvalue weighted by molar-refractivity contribution is 0.0723. The molecule has 31 heavy (non-hydrogen) atoms. The predicted molar refractivity (Wildman–Crippen MR) is 118 cm³/mol. The summed E-state index contributed by atoms with van der Waals surface area (Å²) in [5.74, 6) is -0.0691. The van der Waals surface area contributed by atoms with Crippen LogP contribution in [-0.4, -0.2) is 26.9 Å². The average Bonchev–Trinajstić information content (AvgIpc) is 3.37. The van der Waals surface area contributed by atoms with Gasteiger partial charge in [-0.3, -0.25) is 9.59 Å². The van der Waals surface area contributed by atoms with E-state index in [0.717, 1.165) is 29.7 Å². The van der Waals surface area contributed by atoms with E-state index >= 15 is 0 Å². The molecule has 0 bridgehead atoms. The van der Waals surface area contributed by atoms with Crippen molar-refractivity contribution in [1.82, 2.24) is 14.5 Å². The third-order valence-corrected chi connectivity index (χ3v) is 5.89. The van der Waals surface area contributed by atoms with Crippen LogP contribution in [0.25, 0.3) is 11.0 Å². The fraction of sp³-hybridized carbons (Fsp3) is 0.240. The van der Waals surface area contributed by atoms with Crippen LogP contribution in [0, 0.1) is 13.8 Å².